The number of aromatic nitrogens is 2. The predicted molar refractivity (Wildman–Crippen MR) is 116 cm³/mol. The van der Waals surface area contributed by atoms with Crippen molar-refractivity contribution in [1.82, 2.24) is 15.3 Å². The fraction of sp³-hybridized carbons (Fsp3) is 0.500. The van der Waals surface area contributed by atoms with Gasteiger partial charge in [0.1, 0.15) is 5.52 Å². The maximum Gasteiger partial charge on any atom is 0.408 e. The molecule has 4 rings (SSSR count). The summed E-state index contributed by atoms with van der Waals surface area (Å²) >= 11 is 0. The molecule has 1 aliphatic heterocycles. The van der Waals surface area contributed by atoms with Crippen molar-refractivity contribution >= 4 is 28.5 Å². The van der Waals surface area contributed by atoms with Gasteiger partial charge in [-0.2, -0.15) is 0 Å². The summed E-state index contributed by atoms with van der Waals surface area (Å²) in [7, 11) is 0. The molecule has 2 heterocycles. The van der Waals surface area contributed by atoms with Gasteiger partial charge in [-0.3, -0.25) is 9.97 Å². The highest BCUT2D eigenvalue weighted by Gasteiger charge is 2.24. The number of ether oxygens (including phenoxy) is 2. The average Bonchev–Trinajstić information content (AvgIpc) is 2.79. The molecule has 0 radical (unpaired) electrons. The third kappa shape index (κ3) is 4.92. The summed E-state index contributed by atoms with van der Waals surface area (Å²) in [5.74, 6) is 2.30. The molecule has 8 heteroatoms. The lowest BCUT2D eigenvalue weighted by Crippen LogP contribution is -2.40. The van der Waals surface area contributed by atoms with Crippen molar-refractivity contribution in [2.45, 2.75) is 37.8 Å². The zero-order valence-corrected chi connectivity index (χ0v) is 17.0. The summed E-state index contributed by atoms with van der Waals surface area (Å²) < 4.78 is 10.4. The van der Waals surface area contributed by atoms with Crippen molar-refractivity contribution in [3.8, 4) is 12.3 Å². The van der Waals surface area contributed by atoms with E-state index in [9.17, 15) is 4.79 Å². The molecule has 2 aliphatic rings. The summed E-state index contributed by atoms with van der Waals surface area (Å²) in [6.07, 6.45) is 11.8. The van der Waals surface area contributed by atoms with E-state index in [0.717, 1.165) is 74.4 Å². The molecule has 1 saturated carbocycles. The number of nitrogens with zero attached hydrogens (tertiary/aromatic N) is 3. The van der Waals surface area contributed by atoms with Crippen molar-refractivity contribution in [2.75, 3.05) is 43.1 Å². The summed E-state index contributed by atoms with van der Waals surface area (Å²) in [6, 6.07) is 4.70. The minimum absolute atomic E-state index is 0.00364. The Bertz CT molecular complexity index is 915. The number of nitrogens with one attached hydrogen (secondary N) is 2. The van der Waals surface area contributed by atoms with Crippen molar-refractivity contribution in [3.05, 3.63) is 24.5 Å². The van der Waals surface area contributed by atoms with Crippen LogP contribution in [-0.4, -0.2) is 61.1 Å². The van der Waals surface area contributed by atoms with E-state index in [1.165, 1.54) is 0 Å². The zero-order valence-electron chi connectivity index (χ0n) is 17.0. The standard InChI is InChI=1S/C22H27N5O3/c1-2-11-30-22(28)26-17-5-3-16(4-6-17)25-20-15-18(27-9-12-29-13-10-27)14-19-21(20)24-8-7-23-19/h1,7-8,14-17,25H,3-6,9-13H2,(H,26,28). The normalized spacial score (nSPS) is 21.6. The van der Waals surface area contributed by atoms with Gasteiger partial charge in [-0.15, -0.1) is 6.42 Å². The van der Waals surface area contributed by atoms with Crippen molar-refractivity contribution in [3.63, 3.8) is 0 Å². The molecule has 1 aromatic carbocycles. The fourth-order valence-corrected chi connectivity index (χ4v) is 4.09. The molecular formula is C22H27N5O3. The Balaban J connectivity index is 1.42. The quantitative estimate of drug-likeness (QED) is 0.734. The zero-order chi connectivity index (χ0) is 20.8. The monoisotopic (exact) mass is 409 g/mol. The Morgan fingerprint density at radius 2 is 1.90 bits per heavy atom. The topological polar surface area (TPSA) is 88.6 Å². The number of hydrogen-bond acceptors (Lipinski definition) is 7. The number of amides is 1. The lowest BCUT2D eigenvalue weighted by atomic mass is 9.91. The Morgan fingerprint density at radius 3 is 2.67 bits per heavy atom. The molecule has 8 nitrogen and oxygen atoms in total. The third-order valence-corrected chi connectivity index (χ3v) is 5.63. The molecule has 0 spiro atoms. The smallest absolute Gasteiger partial charge is 0.408 e. The van der Waals surface area contributed by atoms with Gasteiger partial charge in [0.15, 0.2) is 6.61 Å². The number of alkyl carbamates (subject to hydrolysis) is 1. The van der Waals surface area contributed by atoms with E-state index in [0.29, 0.717) is 6.04 Å². The van der Waals surface area contributed by atoms with Gasteiger partial charge >= 0.3 is 6.09 Å². The van der Waals surface area contributed by atoms with E-state index in [4.69, 9.17) is 15.9 Å². The summed E-state index contributed by atoms with van der Waals surface area (Å²) in [6.45, 7) is 3.22. The van der Waals surface area contributed by atoms with Crippen molar-refractivity contribution < 1.29 is 14.3 Å². The number of terminal acetylenes is 1. The summed E-state index contributed by atoms with van der Waals surface area (Å²) in [4.78, 5) is 23.1. The van der Waals surface area contributed by atoms with Crippen LogP contribution < -0.4 is 15.5 Å². The Labute approximate surface area is 176 Å². The van der Waals surface area contributed by atoms with Crippen LogP contribution >= 0.6 is 0 Å². The van der Waals surface area contributed by atoms with Crippen LogP contribution in [0.5, 0.6) is 0 Å². The SMILES string of the molecule is C#CCOC(=O)NC1CCC(Nc2cc(N3CCOCC3)cc3nccnc23)CC1. The number of fused-ring (bicyclic) bond motifs is 1. The van der Waals surface area contributed by atoms with Crippen LogP contribution in [0.3, 0.4) is 0 Å². The van der Waals surface area contributed by atoms with Crippen LogP contribution in [0, 0.1) is 12.3 Å². The average molecular weight is 409 g/mol. The number of anilines is 2. The minimum Gasteiger partial charge on any atom is -0.436 e. The number of benzene rings is 1. The van der Waals surface area contributed by atoms with E-state index in [1.807, 2.05) is 0 Å². The maximum atomic E-state index is 11.7. The molecule has 1 aliphatic carbocycles. The van der Waals surface area contributed by atoms with E-state index >= 15 is 0 Å². The van der Waals surface area contributed by atoms with E-state index < -0.39 is 6.09 Å². The second-order valence-corrected chi connectivity index (χ2v) is 7.63. The Hall–Kier alpha value is -3.05. The summed E-state index contributed by atoms with van der Waals surface area (Å²) in [5.41, 5.74) is 3.91. The van der Waals surface area contributed by atoms with Gasteiger partial charge in [0.25, 0.3) is 0 Å². The van der Waals surface area contributed by atoms with Crippen LogP contribution in [0.2, 0.25) is 0 Å². The van der Waals surface area contributed by atoms with Crippen LogP contribution in [0.4, 0.5) is 16.2 Å². The Kier molecular flexibility index (Phi) is 6.50. The molecular weight excluding hydrogens is 382 g/mol. The van der Waals surface area contributed by atoms with E-state index in [2.05, 4.69) is 43.6 Å². The molecule has 1 aromatic heterocycles. The first-order valence-corrected chi connectivity index (χ1v) is 10.4. The second kappa shape index (κ2) is 9.63. The second-order valence-electron chi connectivity index (χ2n) is 7.63. The van der Waals surface area contributed by atoms with Crippen LogP contribution in [0.15, 0.2) is 24.5 Å². The van der Waals surface area contributed by atoms with Gasteiger partial charge < -0.3 is 25.0 Å². The molecule has 0 atom stereocenters. The third-order valence-electron chi connectivity index (χ3n) is 5.63. The van der Waals surface area contributed by atoms with Crippen molar-refractivity contribution in [2.24, 2.45) is 0 Å². The van der Waals surface area contributed by atoms with Crippen LogP contribution in [0.25, 0.3) is 11.0 Å². The highest BCUT2D eigenvalue weighted by molar-refractivity contribution is 5.91. The highest BCUT2D eigenvalue weighted by atomic mass is 16.5. The summed E-state index contributed by atoms with van der Waals surface area (Å²) in [5, 5.41) is 6.58. The first-order valence-electron chi connectivity index (χ1n) is 10.4. The van der Waals surface area contributed by atoms with Crippen LogP contribution in [0.1, 0.15) is 25.7 Å². The molecule has 2 N–H and O–H groups in total. The fourth-order valence-electron chi connectivity index (χ4n) is 4.09. The van der Waals surface area contributed by atoms with Gasteiger partial charge in [-0.1, -0.05) is 5.92 Å². The van der Waals surface area contributed by atoms with Gasteiger partial charge in [-0.25, -0.2) is 4.79 Å². The first-order chi connectivity index (χ1) is 14.7. The lowest BCUT2D eigenvalue weighted by Gasteiger charge is -2.32. The molecule has 1 saturated heterocycles. The number of rotatable bonds is 5. The van der Waals surface area contributed by atoms with Gasteiger partial charge in [0.2, 0.25) is 0 Å². The van der Waals surface area contributed by atoms with Gasteiger partial charge in [0.05, 0.1) is 24.4 Å². The van der Waals surface area contributed by atoms with Gasteiger partial charge in [-0.05, 0) is 37.8 Å². The molecule has 1 amide bonds. The highest BCUT2D eigenvalue weighted by Crippen LogP contribution is 2.31. The maximum absolute atomic E-state index is 11.7. The van der Waals surface area contributed by atoms with Crippen LogP contribution in [-0.2, 0) is 9.47 Å². The lowest BCUT2D eigenvalue weighted by molar-refractivity contribution is 0.122. The molecule has 30 heavy (non-hydrogen) atoms. The minimum atomic E-state index is -0.441. The Morgan fingerprint density at radius 1 is 1.17 bits per heavy atom. The number of carbonyl (C=O) groups excluding carboxylic acids is 1. The molecule has 158 valence electrons. The van der Waals surface area contributed by atoms with Gasteiger partial charge in [0, 0.05) is 43.3 Å². The van der Waals surface area contributed by atoms with E-state index in [-0.39, 0.29) is 12.6 Å². The molecule has 2 aromatic rings. The predicted octanol–water partition coefficient (Wildman–Crippen LogP) is 2.55. The first kappa shape index (κ1) is 20.2. The molecule has 2 fully saturated rings. The molecule has 0 bridgehead atoms. The largest absolute Gasteiger partial charge is 0.436 e. The number of morpholine rings is 1. The number of carbonyl (C=O) groups is 1. The molecule has 0 unspecified atom stereocenters. The number of hydrogen-bond donors (Lipinski definition) is 2. The van der Waals surface area contributed by atoms with E-state index in [1.54, 1.807) is 12.4 Å². The van der Waals surface area contributed by atoms with Crippen molar-refractivity contribution in [1.29, 1.82) is 0 Å².